The van der Waals surface area contributed by atoms with Crippen LogP contribution < -0.4 is 0 Å². The van der Waals surface area contributed by atoms with E-state index in [9.17, 15) is 4.79 Å². The number of hydrogen-bond donors (Lipinski definition) is 1. The molecule has 21 heavy (non-hydrogen) atoms. The second-order valence-corrected chi connectivity index (χ2v) is 5.00. The third-order valence-corrected chi connectivity index (χ3v) is 3.46. The van der Waals surface area contributed by atoms with Crippen LogP contribution in [0.25, 0.3) is 11.3 Å². The Hall–Kier alpha value is -2.70. The molecule has 0 fully saturated rings. The zero-order valence-corrected chi connectivity index (χ0v) is 12.0. The van der Waals surface area contributed by atoms with Crippen molar-refractivity contribution in [2.75, 3.05) is 0 Å². The number of aromatic nitrogens is 5. The van der Waals surface area contributed by atoms with Gasteiger partial charge in [-0.1, -0.05) is 0 Å². The van der Waals surface area contributed by atoms with Crippen molar-refractivity contribution in [2.45, 2.75) is 27.2 Å². The lowest BCUT2D eigenvalue weighted by Crippen LogP contribution is -2.06. The van der Waals surface area contributed by atoms with Crippen LogP contribution in [0, 0.1) is 20.8 Å². The van der Waals surface area contributed by atoms with Crippen molar-refractivity contribution in [1.82, 2.24) is 24.4 Å². The van der Waals surface area contributed by atoms with Gasteiger partial charge in [-0.25, -0.2) is 14.2 Å². The molecular formula is C14H15N5O2. The van der Waals surface area contributed by atoms with E-state index >= 15 is 0 Å². The van der Waals surface area contributed by atoms with E-state index in [0.29, 0.717) is 11.5 Å². The predicted molar refractivity (Wildman–Crippen MR) is 75.7 cm³/mol. The van der Waals surface area contributed by atoms with Gasteiger partial charge < -0.3 is 5.11 Å². The van der Waals surface area contributed by atoms with E-state index in [-0.39, 0.29) is 6.42 Å². The lowest BCUT2D eigenvalue weighted by molar-refractivity contribution is -0.136. The van der Waals surface area contributed by atoms with E-state index in [4.69, 9.17) is 5.11 Å². The first-order chi connectivity index (χ1) is 9.97. The summed E-state index contributed by atoms with van der Waals surface area (Å²) in [5.74, 6) is -0.220. The number of aryl methyl sites for hydroxylation is 2. The molecular weight excluding hydrogens is 270 g/mol. The van der Waals surface area contributed by atoms with Crippen molar-refractivity contribution >= 4 is 11.5 Å². The van der Waals surface area contributed by atoms with Crippen molar-refractivity contribution in [2.24, 2.45) is 0 Å². The fourth-order valence-corrected chi connectivity index (χ4v) is 2.48. The van der Waals surface area contributed by atoms with Gasteiger partial charge in [-0.15, -0.1) is 0 Å². The SMILES string of the molecule is Cc1cc2c(-n3nc(C)c(CC(=O)O)c3C)nccn2n1. The minimum absolute atomic E-state index is 0.0426. The van der Waals surface area contributed by atoms with Crippen molar-refractivity contribution in [3.05, 3.63) is 41.1 Å². The van der Waals surface area contributed by atoms with Crippen LogP contribution in [0.15, 0.2) is 18.5 Å². The zero-order chi connectivity index (χ0) is 15.1. The van der Waals surface area contributed by atoms with Crippen LogP contribution in [0.5, 0.6) is 0 Å². The maximum Gasteiger partial charge on any atom is 0.307 e. The molecule has 0 saturated carbocycles. The minimum atomic E-state index is -0.868. The van der Waals surface area contributed by atoms with E-state index in [1.54, 1.807) is 21.6 Å². The monoisotopic (exact) mass is 285 g/mol. The number of carboxylic acid groups (broad SMARTS) is 1. The third-order valence-electron chi connectivity index (χ3n) is 3.46. The van der Waals surface area contributed by atoms with Crippen molar-refractivity contribution in [3.8, 4) is 5.82 Å². The van der Waals surface area contributed by atoms with Crippen molar-refractivity contribution < 1.29 is 9.90 Å². The maximum absolute atomic E-state index is 11.0. The van der Waals surface area contributed by atoms with E-state index in [0.717, 1.165) is 22.5 Å². The van der Waals surface area contributed by atoms with Gasteiger partial charge in [0, 0.05) is 23.7 Å². The molecule has 3 rings (SSSR count). The van der Waals surface area contributed by atoms with E-state index in [1.165, 1.54) is 0 Å². The Morgan fingerprint density at radius 1 is 1.29 bits per heavy atom. The number of fused-ring (bicyclic) bond motifs is 1. The topological polar surface area (TPSA) is 85.3 Å². The Kier molecular flexibility index (Phi) is 2.97. The number of carbonyl (C=O) groups is 1. The van der Waals surface area contributed by atoms with Crippen LogP contribution in [0.3, 0.4) is 0 Å². The molecule has 0 aromatic carbocycles. The molecule has 0 aliphatic carbocycles. The second-order valence-electron chi connectivity index (χ2n) is 5.00. The van der Waals surface area contributed by atoms with Gasteiger partial charge in [0.1, 0.15) is 5.52 Å². The molecule has 0 atom stereocenters. The number of aliphatic carboxylic acids is 1. The molecule has 0 unspecified atom stereocenters. The minimum Gasteiger partial charge on any atom is -0.481 e. The Balaban J connectivity index is 2.21. The van der Waals surface area contributed by atoms with Crippen molar-refractivity contribution in [3.63, 3.8) is 0 Å². The maximum atomic E-state index is 11.0. The molecule has 0 amide bonds. The molecule has 0 aliphatic rings. The Morgan fingerprint density at radius 2 is 2.05 bits per heavy atom. The quantitative estimate of drug-likeness (QED) is 0.787. The summed E-state index contributed by atoms with van der Waals surface area (Å²) in [5.41, 5.74) is 3.94. The molecule has 3 heterocycles. The summed E-state index contributed by atoms with van der Waals surface area (Å²) in [5, 5.41) is 17.8. The number of hydrogen-bond acceptors (Lipinski definition) is 4. The van der Waals surface area contributed by atoms with Crippen LogP contribution >= 0.6 is 0 Å². The molecule has 108 valence electrons. The molecule has 7 heteroatoms. The Morgan fingerprint density at radius 3 is 2.76 bits per heavy atom. The van der Waals surface area contributed by atoms with Crippen LogP contribution in [-0.2, 0) is 11.2 Å². The summed E-state index contributed by atoms with van der Waals surface area (Å²) in [6.45, 7) is 5.57. The summed E-state index contributed by atoms with van der Waals surface area (Å²) in [6, 6.07) is 1.93. The lowest BCUT2D eigenvalue weighted by Gasteiger charge is -2.05. The highest BCUT2D eigenvalue weighted by atomic mass is 16.4. The van der Waals surface area contributed by atoms with E-state index in [1.807, 2.05) is 26.8 Å². The summed E-state index contributed by atoms with van der Waals surface area (Å²) >= 11 is 0. The third kappa shape index (κ3) is 2.16. The van der Waals surface area contributed by atoms with Gasteiger partial charge in [-0.3, -0.25) is 4.79 Å². The smallest absolute Gasteiger partial charge is 0.307 e. The van der Waals surface area contributed by atoms with Gasteiger partial charge in [0.25, 0.3) is 0 Å². The molecule has 7 nitrogen and oxygen atoms in total. The highest BCUT2D eigenvalue weighted by Crippen LogP contribution is 2.20. The largest absolute Gasteiger partial charge is 0.481 e. The molecule has 0 radical (unpaired) electrons. The van der Waals surface area contributed by atoms with Crippen LogP contribution in [-0.4, -0.2) is 35.5 Å². The fraction of sp³-hybridized carbons (Fsp3) is 0.286. The highest BCUT2D eigenvalue weighted by molar-refractivity contribution is 5.71. The predicted octanol–water partition coefficient (Wildman–Crippen LogP) is 1.47. The van der Waals surface area contributed by atoms with E-state index < -0.39 is 5.97 Å². The number of rotatable bonds is 3. The normalized spacial score (nSPS) is 11.2. The van der Waals surface area contributed by atoms with Crippen molar-refractivity contribution in [1.29, 1.82) is 0 Å². The molecule has 3 aromatic heterocycles. The summed E-state index contributed by atoms with van der Waals surface area (Å²) < 4.78 is 3.43. The number of carboxylic acids is 1. The summed E-state index contributed by atoms with van der Waals surface area (Å²) in [4.78, 5) is 15.3. The molecule has 0 aliphatic heterocycles. The first-order valence-electron chi connectivity index (χ1n) is 6.55. The molecule has 3 aromatic rings. The van der Waals surface area contributed by atoms with Gasteiger partial charge in [-0.05, 0) is 26.8 Å². The van der Waals surface area contributed by atoms with Crippen LogP contribution in [0.4, 0.5) is 0 Å². The molecule has 0 spiro atoms. The first kappa shape index (κ1) is 13.3. The zero-order valence-electron chi connectivity index (χ0n) is 12.0. The molecule has 0 saturated heterocycles. The van der Waals surface area contributed by atoms with E-state index in [2.05, 4.69) is 15.2 Å². The summed E-state index contributed by atoms with van der Waals surface area (Å²) in [6.07, 6.45) is 3.39. The van der Waals surface area contributed by atoms with Crippen LogP contribution in [0.1, 0.15) is 22.6 Å². The fourth-order valence-electron chi connectivity index (χ4n) is 2.48. The van der Waals surface area contributed by atoms with Crippen LogP contribution in [0.2, 0.25) is 0 Å². The molecule has 1 N–H and O–H groups in total. The van der Waals surface area contributed by atoms with Gasteiger partial charge >= 0.3 is 5.97 Å². The Bertz CT molecular complexity index is 847. The average molecular weight is 285 g/mol. The van der Waals surface area contributed by atoms with Gasteiger partial charge in [0.05, 0.1) is 17.8 Å². The lowest BCUT2D eigenvalue weighted by atomic mass is 10.1. The average Bonchev–Trinajstić information content (AvgIpc) is 2.92. The Labute approximate surface area is 120 Å². The summed E-state index contributed by atoms with van der Waals surface area (Å²) in [7, 11) is 0. The molecule has 0 bridgehead atoms. The second kappa shape index (κ2) is 4.69. The standard InChI is InChI=1S/C14H15N5O2/c1-8-6-12-14(15-4-5-18(12)16-8)19-10(3)11(7-13(20)21)9(2)17-19/h4-6H,7H2,1-3H3,(H,20,21). The number of nitrogens with zero attached hydrogens (tertiary/aromatic N) is 5. The highest BCUT2D eigenvalue weighted by Gasteiger charge is 2.18. The van der Waals surface area contributed by atoms with Gasteiger partial charge in [0.2, 0.25) is 0 Å². The van der Waals surface area contributed by atoms with Gasteiger partial charge in [-0.2, -0.15) is 10.2 Å². The first-order valence-corrected chi connectivity index (χ1v) is 6.55. The van der Waals surface area contributed by atoms with Gasteiger partial charge in [0.15, 0.2) is 5.82 Å².